The monoisotopic (exact) mass is 312 g/mol. The van der Waals surface area contributed by atoms with Gasteiger partial charge in [0.05, 0.1) is 5.69 Å². The Labute approximate surface area is 137 Å². The lowest BCUT2D eigenvalue weighted by Gasteiger charge is -2.39. The van der Waals surface area contributed by atoms with Crippen LogP contribution < -0.4 is 4.90 Å². The molecular formula is C17H24N6. The van der Waals surface area contributed by atoms with Crippen LogP contribution in [0.2, 0.25) is 0 Å². The fraction of sp³-hybridized carbons (Fsp3) is 0.588. The zero-order valence-electron chi connectivity index (χ0n) is 13.7. The van der Waals surface area contributed by atoms with E-state index in [9.17, 15) is 0 Å². The van der Waals surface area contributed by atoms with Gasteiger partial charge in [0.25, 0.3) is 0 Å². The third kappa shape index (κ3) is 3.22. The zero-order valence-corrected chi connectivity index (χ0v) is 13.7. The molecule has 2 aromatic heterocycles. The van der Waals surface area contributed by atoms with Crippen LogP contribution in [0.4, 0.5) is 5.82 Å². The second-order valence-electron chi connectivity index (χ2n) is 6.66. The van der Waals surface area contributed by atoms with E-state index in [1.165, 1.54) is 31.4 Å². The number of hydrogen-bond acceptors (Lipinski definition) is 5. The highest BCUT2D eigenvalue weighted by Gasteiger charge is 2.36. The third-order valence-electron chi connectivity index (χ3n) is 5.03. The molecule has 1 saturated carbocycles. The molecule has 0 N–H and O–H groups in total. The second kappa shape index (κ2) is 6.28. The molecule has 0 amide bonds. The number of piperidine rings is 1. The van der Waals surface area contributed by atoms with E-state index < -0.39 is 0 Å². The van der Waals surface area contributed by atoms with Gasteiger partial charge in [-0.2, -0.15) is 5.10 Å². The van der Waals surface area contributed by atoms with E-state index in [0.29, 0.717) is 12.1 Å². The Bertz CT molecular complexity index is 628. The van der Waals surface area contributed by atoms with E-state index in [1.54, 1.807) is 6.33 Å². The summed E-state index contributed by atoms with van der Waals surface area (Å²) in [5.41, 5.74) is 1.29. The summed E-state index contributed by atoms with van der Waals surface area (Å²) in [7, 11) is 2.02. The fourth-order valence-electron chi connectivity index (χ4n) is 3.60. The van der Waals surface area contributed by atoms with Gasteiger partial charge in [0, 0.05) is 51.2 Å². The van der Waals surface area contributed by atoms with Gasteiger partial charge in [-0.25, -0.2) is 9.97 Å². The summed E-state index contributed by atoms with van der Waals surface area (Å²) in [6.07, 6.45) is 10.4. The molecule has 0 bridgehead atoms. The van der Waals surface area contributed by atoms with E-state index in [4.69, 9.17) is 0 Å². The molecule has 1 aliphatic carbocycles. The lowest BCUT2D eigenvalue weighted by Crippen LogP contribution is -2.46. The Morgan fingerprint density at radius 3 is 2.48 bits per heavy atom. The van der Waals surface area contributed by atoms with Gasteiger partial charge < -0.3 is 4.90 Å². The first-order valence-electron chi connectivity index (χ1n) is 8.55. The molecule has 2 aromatic rings. The van der Waals surface area contributed by atoms with Gasteiger partial charge in [-0.3, -0.25) is 9.58 Å². The molecule has 3 heterocycles. The van der Waals surface area contributed by atoms with Crippen molar-refractivity contribution in [3.8, 4) is 0 Å². The van der Waals surface area contributed by atoms with Crippen molar-refractivity contribution in [2.45, 2.75) is 44.3 Å². The van der Waals surface area contributed by atoms with Crippen molar-refractivity contribution in [2.24, 2.45) is 7.05 Å². The number of aryl methyl sites for hydroxylation is 1. The number of aromatic nitrogens is 4. The zero-order chi connectivity index (χ0) is 15.6. The average Bonchev–Trinajstić information content (AvgIpc) is 3.34. The number of hydrogen-bond donors (Lipinski definition) is 0. The van der Waals surface area contributed by atoms with Crippen LogP contribution in [0.25, 0.3) is 0 Å². The summed E-state index contributed by atoms with van der Waals surface area (Å²) in [6, 6.07) is 5.47. The fourth-order valence-corrected chi connectivity index (χ4v) is 3.60. The van der Waals surface area contributed by atoms with Crippen molar-refractivity contribution in [1.29, 1.82) is 0 Å². The largest absolute Gasteiger partial charge is 0.350 e. The average molecular weight is 312 g/mol. The minimum Gasteiger partial charge on any atom is -0.350 e. The molecule has 6 heteroatoms. The van der Waals surface area contributed by atoms with Crippen LogP contribution in [0.5, 0.6) is 0 Å². The Hall–Kier alpha value is -1.95. The number of anilines is 1. The Morgan fingerprint density at radius 1 is 1.09 bits per heavy atom. The molecule has 2 fully saturated rings. The van der Waals surface area contributed by atoms with Crippen molar-refractivity contribution in [3.05, 3.63) is 36.5 Å². The minimum absolute atomic E-state index is 0.611. The molecule has 1 aliphatic heterocycles. The predicted molar refractivity (Wildman–Crippen MR) is 89.0 cm³/mol. The Morgan fingerprint density at radius 2 is 1.87 bits per heavy atom. The summed E-state index contributed by atoms with van der Waals surface area (Å²) in [4.78, 5) is 13.7. The van der Waals surface area contributed by atoms with E-state index in [0.717, 1.165) is 25.5 Å². The van der Waals surface area contributed by atoms with Gasteiger partial charge in [-0.1, -0.05) is 0 Å². The van der Waals surface area contributed by atoms with Crippen molar-refractivity contribution in [3.63, 3.8) is 0 Å². The molecule has 0 unspecified atom stereocenters. The molecule has 23 heavy (non-hydrogen) atoms. The topological polar surface area (TPSA) is 50.1 Å². The van der Waals surface area contributed by atoms with Gasteiger partial charge >= 0.3 is 0 Å². The SMILES string of the molecule is Cn1nccc1CN1CCC(N(c2ccncn2)C2CC2)CC1. The van der Waals surface area contributed by atoms with E-state index in [-0.39, 0.29) is 0 Å². The normalized spacial score (nSPS) is 19.9. The summed E-state index contributed by atoms with van der Waals surface area (Å²) in [6.45, 7) is 3.29. The second-order valence-corrected chi connectivity index (χ2v) is 6.66. The van der Waals surface area contributed by atoms with Crippen LogP contribution in [0.1, 0.15) is 31.4 Å². The highest BCUT2D eigenvalue weighted by molar-refractivity contribution is 5.41. The van der Waals surface area contributed by atoms with Crippen LogP contribution in [0, 0.1) is 0 Å². The highest BCUT2D eigenvalue weighted by Crippen LogP contribution is 2.35. The standard InChI is InChI=1S/C17H24N6/c1-21-16(4-9-20-21)12-22-10-6-15(7-11-22)23(14-2-3-14)17-5-8-18-13-19-17/h4-5,8-9,13-15H,2-3,6-7,10-12H2,1H3. The summed E-state index contributed by atoms with van der Waals surface area (Å²) in [5, 5.41) is 4.26. The number of nitrogens with zero attached hydrogens (tertiary/aromatic N) is 6. The molecule has 0 radical (unpaired) electrons. The van der Waals surface area contributed by atoms with Gasteiger partial charge in [0.1, 0.15) is 12.1 Å². The summed E-state index contributed by atoms with van der Waals surface area (Å²) < 4.78 is 1.98. The molecule has 0 atom stereocenters. The van der Waals surface area contributed by atoms with Gasteiger partial charge in [-0.05, 0) is 37.8 Å². The molecule has 6 nitrogen and oxygen atoms in total. The quantitative estimate of drug-likeness (QED) is 0.843. The molecular weight excluding hydrogens is 288 g/mol. The first kappa shape index (κ1) is 14.6. The number of likely N-dealkylation sites (tertiary alicyclic amines) is 1. The van der Waals surface area contributed by atoms with Crippen LogP contribution in [0.3, 0.4) is 0 Å². The lowest BCUT2D eigenvalue weighted by atomic mass is 10.0. The van der Waals surface area contributed by atoms with Crippen molar-refractivity contribution in [1.82, 2.24) is 24.6 Å². The van der Waals surface area contributed by atoms with Crippen LogP contribution in [0.15, 0.2) is 30.9 Å². The Balaban J connectivity index is 1.39. The van der Waals surface area contributed by atoms with Crippen LogP contribution in [-0.2, 0) is 13.6 Å². The maximum absolute atomic E-state index is 4.50. The smallest absolute Gasteiger partial charge is 0.132 e. The molecule has 0 spiro atoms. The Kier molecular flexibility index (Phi) is 3.99. The van der Waals surface area contributed by atoms with E-state index in [2.05, 4.69) is 37.0 Å². The molecule has 4 rings (SSSR count). The van der Waals surface area contributed by atoms with Gasteiger partial charge in [0.15, 0.2) is 0 Å². The first-order valence-corrected chi connectivity index (χ1v) is 8.55. The molecule has 1 saturated heterocycles. The predicted octanol–water partition coefficient (Wildman–Crippen LogP) is 1.84. The van der Waals surface area contributed by atoms with E-state index in [1.807, 2.05) is 24.1 Å². The highest BCUT2D eigenvalue weighted by atomic mass is 15.3. The van der Waals surface area contributed by atoms with Crippen molar-refractivity contribution in [2.75, 3.05) is 18.0 Å². The third-order valence-corrected chi connectivity index (χ3v) is 5.03. The first-order chi connectivity index (χ1) is 11.3. The van der Waals surface area contributed by atoms with Crippen molar-refractivity contribution < 1.29 is 0 Å². The minimum atomic E-state index is 0.611. The summed E-state index contributed by atoms with van der Waals surface area (Å²) >= 11 is 0. The maximum Gasteiger partial charge on any atom is 0.132 e. The van der Waals surface area contributed by atoms with E-state index >= 15 is 0 Å². The molecule has 122 valence electrons. The maximum atomic E-state index is 4.50. The lowest BCUT2D eigenvalue weighted by molar-refractivity contribution is 0.196. The van der Waals surface area contributed by atoms with Gasteiger partial charge in [0.2, 0.25) is 0 Å². The van der Waals surface area contributed by atoms with Gasteiger partial charge in [-0.15, -0.1) is 0 Å². The van der Waals surface area contributed by atoms with Crippen LogP contribution >= 0.6 is 0 Å². The molecule has 0 aromatic carbocycles. The molecule has 2 aliphatic rings. The van der Waals surface area contributed by atoms with Crippen LogP contribution in [-0.4, -0.2) is 49.8 Å². The summed E-state index contributed by atoms with van der Waals surface area (Å²) in [5.74, 6) is 1.10. The van der Waals surface area contributed by atoms with Crippen molar-refractivity contribution >= 4 is 5.82 Å². The number of rotatable bonds is 5.